The quantitative estimate of drug-likeness (QED) is 0.919. The van der Waals surface area contributed by atoms with Crippen LogP contribution in [0.25, 0.3) is 0 Å². The molecule has 2 rings (SSSR count). The Labute approximate surface area is 108 Å². The summed E-state index contributed by atoms with van der Waals surface area (Å²) in [6.45, 7) is 2.17. The van der Waals surface area contributed by atoms with Crippen molar-refractivity contribution in [3.63, 3.8) is 0 Å². The molecule has 0 aliphatic heterocycles. The van der Waals surface area contributed by atoms with Crippen LogP contribution in [-0.2, 0) is 11.3 Å². The van der Waals surface area contributed by atoms with Crippen molar-refractivity contribution in [2.45, 2.75) is 19.4 Å². The van der Waals surface area contributed by atoms with Crippen molar-refractivity contribution in [1.82, 2.24) is 4.57 Å². The van der Waals surface area contributed by atoms with Crippen molar-refractivity contribution >= 4 is 17.3 Å². The number of carboxylic acids is 1. The van der Waals surface area contributed by atoms with Gasteiger partial charge in [-0.1, -0.05) is 35.6 Å². The van der Waals surface area contributed by atoms with E-state index in [1.54, 1.807) is 35.2 Å². The van der Waals surface area contributed by atoms with Crippen LogP contribution >= 0.6 is 11.3 Å². The third-order valence-corrected chi connectivity index (χ3v) is 3.54. The Morgan fingerprint density at radius 2 is 2.06 bits per heavy atom. The molecule has 4 nitrogen and oxygen atoms in total. The van der Waals surface area contributed by atoms with E-state index in [0.717, 1.165) is 11.1 Å². The number of nitrogens with zero attached hydrogens (tertiary/aromatic N) is 1. The summed E-state index contributed by atoms with van der Waals surface area (Å²) in [6.07, 6.45) is 1.75. The molecule has 0 aliphatic rings. The monoisotopic (exact) mass is 263 g/mol. The van der Waals surface area contributed by atoms with Gasteiger partial charge in [0, 0.05) is 11.6 Å². The molecule has 1 aromatic heterocycles. The Bertz CT molecular complexity index is 597. The van der Waals surface area contributed by atoms with Gasteiger partial charge in [0.1, 0.15) is 0 Å². The molecule has 5 heteroatoms. The molecular formula is C13H13NO3S. The zero-order valence-corrected chi connectivity index (χ0v) is 10.7. The van der Waals surface area contributed by atoms with Gasteiger partial charge in [0.05, 0.1) is 12.5 Å². The van der Waals surface area contributed by atoms with E-state index < -0.39 is 11.9 Å². The van der Waals surface area contributed by atoms with E-state index in [1.165, 1.54) is 11.3 Å². The van der Waals surface area contributed by atoms with Gasteiger partial charge in [0.15, 0.2) is 0 Å². The van der Waals surface area contributed by atoms with Crippen molar-refractivity contribution in [3.8, 4) is 0 Å². The maximum atomic E-state index is 11.4. The van der Waals surface area contributed by atoms with Gasteiger partial charge in [-0.2, -0.15) is 0 Å². The average molecular weight is 263 g/mol. The van der Waals surface area contributed by atoms with Gasteiger partial charge in [-0.25, -0.2) is 0 Å². The smallest absolute Gasteiger partial charge is 0.310 e. The van der Waals surface area contributed by atoms with Crippen molar-refractivity contribution < 1.29 is 9.90 Å². The molecule has 0 saturated heterocycles. The summed E-state index contributed by atoms with van der Waals surface area (Å²) < 4.78 is 1.63. The van der Waals surface area contributed by atoms with E-state index in [2.05, 4.69) is 0 Å². The number of hydrogen-bond donors (Lipinski definition) is 1. The number of carboxylic acid groups (broad SMARTS) is 1. The number of carbonyl (C=O) groups is 1. The number of aromatic nitrogens is 1. The topological polar surface area (TPSA) is 59.3 Å². The molecule has 0 aliphatic carbocycles. The number of hydrogen-bond acceptors (Lipinski definition) is 3. The highest BCUT2D eigenvalue weighted by Gasteiger charge is 2.12. The van der Waals surface area contributed by atoms with Crippen LogP contribution in [0, 0.1) is 0 Å². The number of aliphatic carboxylic acids is 1. The molecule has 0 fully saturated rings. The zero-order valence-electron chi connectivity index (χ0n) is 9.87. The summed E-state index contributed by atoms with van der Waals surface area (Å²) >= 11 is 1.17. The first-order chi connectivity index (χ1) is 8.58. The average Bonchev–Trinajstić information content (AvgIpc) is 2.75. The van der Waals surface area contributed by atoms with Gasteiger partial charge in [0.25, 0.3) is 0 Å². The molecule has 0 amide bonds. The molecule has 1 unspecified atom stereocenters. The Morgan fingerprint density at radius 3 is 2.56 bits per heavy atom. The minimum absolute atomic E-state index is 0.0120. The van der Waals surface area contributed by atoms with Crippen molar-refractivity contribution in [3.05, 3.63) is 56.6 Å². The lowest BCUT2D eigenvalue weighted by Crippen LogP contribution is -2.12. The summed E-state index contributed by atoms with van der Waals surface area (Å²) in [7, 11) is 0. The van der Waals surface area contributed by atoms with Crippen LogP contribution in [0.2, 0.25) is 0 Å². The van der Waals surface area contributed by atoms with Crippen LogP contribution in [0.15, 0.2) is 40.6 Å². The molecule has 0 spiro atoms. The van der Waals surface area contributed by atoms with Crippen LogP contribution in [0.4, 0.5) is 0 Å². The van der Waals surface area contributed by atoms with Gasteiger partial charge >= 0.3 is 10.8 Å². The lowest BCUT2D eigenvalue weighted by molar-refractivity contribution is -0.138. The van der Waals surface area contributed by atoms with Crippen molar-refractivity contribution in [1.29, 1.82) is 0 Å². The second kappa shape index (κ2) is 5.18. The molecule has 1 aromatic carbocycles. The molecule has 18 heavy (non-hydrogen) atoms. The molecule has 1 heterocycles. The van der Waals surface area contributed by atoms with E-state index in [-0.39, 0.29) is 4.87 Å². The fraction of sp³-hybridized carbons (Fsp3) is 0.231. The van der Waals surface area contributed by atoms with E-state index in [9.17, 15) is 9.59 Å². The first-order valence-corrected chi connectivity index (χ1v) is 6.41. The molecule has 0 saturated carbocycles. The minimum atomic E-state index is -0.836. The van der Waals surface area contributed by atoms with Crippen LogP contribution in [0.1, 0.15) is 24.0 Å². The first-order valence-electron chi connectivity index (χ1n) is 5.53. The van der Waals surface area contributed by atoms with Crippen LogP contribution in [-0.4, -0.2) is 15.6 Å². The highest BCUT2D eigenvalue weighted by molar-refractivity contribution is 7.07. The van der Waals surface area contributed by atoms with E-state index >= 15 is 0 Å². The van der Waals surface area contributed by atoms with Gasteiger partial charge in [-0.15, -0.1) is 0 Å². The van der Waals surface area contributed by atoms with Gasteiger partial charge in [0.2, 0.25) is 0 Å². The summed E-state index contributed by atoms with van der Waals surface area (Å²) in [5, 5.41) is 10.7. The lowest BCUT2D eigenvalue weighted by atomic mass is 10.0. The predicted octanol–water partition coefficient (Wildman–Crippen LogP) is 2.15. The Balaban J connectivity index is 2.16. The highest BCUT2D eigenvalue weighted by Crippen LogP contribution is 2.16. The summed E-state index contributed by atoms with van der Waals surface area (Å²) in [5.41, 5.74) is 1.75. The summed E-state index contributed by atoms with van der Waals surface area (Å²) in [5.74, 6) is -1.35. The second-order valence-electron chi connectivity index (χ2n) is 4.10. The maximum Gasteiger partial charge on any atom is 0.310 e. The Hall–Kier alpha value is -1.88. The van der Waals surface area contributed by atoms with E-state index in [4.69, 9.17) is 5.11 Å². The number of benzene rings is 1. The molecule has 1 N–H and O–H groups in total. The number of thiazole rings is 1. The molecule has 2 aromatic rings. The molecule has 1 atom stereocenters. The van der Waals surface area contributed by atoms with Gasteiger partial charge < -0.3 is 9.67 Å². The van der Waals surface area contributed by atoms with Gasteiger partial charge in [-0.3, -0.25) is 9.59 Å². The summed E-state index contributed by atoms with van der Waals surface area (Å²) in [4.78, 5) is 22.2. The second-order valence-corrected chi connectivity index (χ2v) is 4.96. The van der Waals surface area contributed by atoms with Gasteiger partial charge in [-0.05, 0) is 18.1 Å². The fourth-order valence-corrected chi connectivity index (χ4v) is 2.24. The molecule has 0 bridgehead atoms. The third kappa shape index (κ3) is 2.68. The van der Waals surface area contributed by atoms with Crippen LogP contribution in [0.3, 0.4) is 0 Å². The Morgan fingerprint density at radius 1 is 1.39 bits per heavy atom. The van der Waals surface area contributed by atoms with E-state index in [0.29, 0.717) is 6.54 Å². The molecular weight excluding hydrogens is 250 g/mol. The van der Waals surface area contributed by atoms with Crippen molar-refractivity contribution in [2.24, 2.45) is 0 Å². The molecule has 94 valence electrons. The van der Waals surface area contributed by atoms with E-state index in [1.807, 2.05) is 12.1 Å². The normalized spacial score (nSPS) is 12.3. The number of rotatable bonds is 4. The molecule has 0 radical (unpaired) electrons. The SMILES string of the molecule is CC(C(=O)O)c1ccc(Cn2ccsc2=O)cc1. The minimum Gasteiger partial charge on any atom is -0.481 e. The fourth-order valence-electron chi connectivity index (χ4n) is 1.66. The van der Waals surface area contributed by atoms with Crippen LogP contribution < -0.4 is 4.87 Å². The highest BCUT2D eigenvalue weighted by atomic mass is 32.1. The Kier molecular flexibility index (Phi) is 3.62. The standard InChI is InChI=1S/C13H13NO3S/c1-9(12(15)16)11-4-2-10(3-5-11)8-14-6-7-18-13(14)17/h2-7,9H,8H2,1H3,(H,15,16). The first kappa shape index (κ1) is 12.6. The summed E-state index contributed by atoms with van der Waals surface area (Å²) in [6, 6.07) is 7.31. The van der Waals surface area contributed by atoms with Crippen LogP contribution in [0.5, 0.6) is 0 Å². The maximum absolute atomic E-state index is 11.4. The lowest BCUT2D eigenvalue weighted by Gasteiger charge is -2.08. The third-order valence-electron chi connectivity index (χ3n) is 2.85. The zero-order chi connectivity index (χ0) is 13.1. The van der Waals surface area contributed by atoms with Crippen molar-refractivity contribution in [2.75, 3.05) is 0 Å². The predicted molar refractivity (Wildman–Crippen MR) is 70.2 cm³/mol. The largest absolute Gasteiger partial charge is 0.481 e.